The number of nitrogens with zero attached hydrogens (tertiary/aromatic N) is 5. The number of carbonyl (C=O) groups excluding carboxylic acids is 1. The Morgan fingerprint density at radius 3 is 2.79 bits per heavy atom. The summed E-state index contributed by atoms with van der Waals surface area (Å²) in [6.07, 6.45) is 0.774. The van der Waals surface area contributed by atoms with Crippen LogP contribution in [0, 0.1) is 6.92 Å². The van der Waals surface area contributed by atoms with E-state index in [-0.39, 0.29) is 11.2 Å². The molecule has 0 bridgehead atoms. The van der Waals surface area contributed by atoms with Gasteiger partial charge in [-0.25, -0.2) is 15.2 Å². The minimum absolute atomic E-state index is 0.269. The molecule has 2 aromatic heterocycles. The molecule has 152 valence electrons. The van der Waals surface area contributed by atoms with Crippen LogP contribution in [-0.2, 0) is 24.9 Å². The molecule has 0 unspecified atom stereocenters. The van der Waals surface area contributed by atoms with Crippen molar-refractivity contribution in [2.75, 3.05) is 11.4 Å². The summed E-state index contributed by atoms with van der Waals surface area (Å²) in [5.41, 5.74) is 3.07. The van der Waals surface area contributed by atoms with Gasteiger partial charge in [-0.1, -0.05) is 17.7 Å². The smallest absolute Gasteiger partial charge is 0.312 e. The summed E-state index contributed by atoms with van der Waals surface area (Å²) in [4.78, 5) is 44.0. The van der Waals surface area contributed by atoms with Gasteiger partial charge < -0.3 is 9.47 Å². The number of halogens is 1. The van der Waals surface area contributed by atoms with Crippen LogP contribution >= 0.6 is 11.6 Å². The zero-order chi connectivity index (χ0) is 20.9. The quantitative estimate of drug-likeness (QED) is 0.361. The molecule has 0 radical (unpaired) electrons. The normalized spacial score (nSPS) is 13.6. The van der Waals surface area contributed by atoms with Gasteiger partial charge in [-0.15, -0.1) is 0 Å². The predicted octanol–water partition coefficient (Wildman–Crippen LogP) is 0.390. The van der Waals surface area contributed by atoms with Gasteiger partial charge in [0.2, 0.25) is 5.95 Å². The number of hydrogen-bond donors (Lipinski definition) is 2. The van der Waals surface area contributed by atoms with E-state index in [1.165, 1.54) is 11.6 Å². The van der Waals surface area contributed by atoms with Crippen LogP contribution < -0.4 is 27.4 Å². The fourth-order valence-electron chi connectivity index (χ4n) is 3.71. The average Bonchev–Trinajstić information content (AvgIpc) is 3.11. The molecule has 0 atom stereocenters. The molecular weight excluding hydrogens is 398 g/mol. The second-order valence-corrected chi connectivity index (χ2v) is 7.33. The Labute approximate surface area is 170 Å². The molecule has 11 heteroatoms. The van der Waals surface area contributed by atoms with Crippen molar-refractivity contribution < 1.29 is 4.79 Å². The van der Waals surface area contributed by atoms with Gasteiger partial charge in [-0.3, -0.25) is 19.6 Å². The largest absolute Gasteiger partial charge is 0.332 e. The van der Waals surface area contributed by atoms with E-state index in [9.17, 15) is 14.4 Å². The lowest BCUT2D eigenvalue weighted by atomic mass is 10.1. The van der Waals surface area contributed by atoms with E-state index < -0.39 is 23.7 Å². The highest BCUT2D eigenvalue weighted by Crippen LogP contribution is 2.35. The highest BCUT2D eigenvalue weighted by atomic mass is 35.5. The first-order chi connectivity index (χ1) is 13.8. The van der Waals surface area contributed by atoms with Gasteiger partial charge in [0.25, 0.3) is 11.5 Å². The minimum Gasteiger partial charge on any atom is -0.312 e. The van der Waals surface area contributed by atoms with Gasteiger partial charge in [0.15, 0.2) is 11.2 Å². The molecule has 0 fully saturated rings. The standard InChI is InChI=1S/C18H20ClN7O3/c1-10-11(19)5-3-6-12(10)24-7-4-8-25-14-15(21-17(24)25)23(2)18(29)26(16(14)28)9-13(27)22-20/h3,5-6H,4,7-9,20H2,1-2H3,(H,22,27). The number of nitrogens with one attached hydrogen (secondary N) is 1. The third-order valence-electron chi connectivity index (χ3n) is 5.21. The van der Waals surface area contributed by atoms with Crippen LogP contribution in [0.2, 0.25) is 5.02 Å². The molecule has 29 heavy (non-hydrogen) atoms. The fourth-order valence-corrected chi connectivity index (χ4v) is 3.88. The van der Waals surface area contributed by atoms with Gasteiger partial charge in [0, 0.05) is 30.8 Å². The van der Waals surface area contributed by atoms with Crippen molar-refractivity contribution in [3.8, 4) is 0 Å². The molecule has 3 N–H and O–H groups in total. The molecule has 1 aliphatic rings. The Bertz CT molecular complexity index is 1260. The number of hydrogen-bond acceptors (Lipinski definition) is 6. The van der Waals surface area contributed by atoms with Gasteiger partial charge in [-0.05, 0) is 31.0 Å². The number of anilines is 2. The number of nitrogens with two attached hydrogens (primary N) is 1. The maximum absolute atomic E-state index is 13.1. The molecule has 0 spiro atoms. The Morgan fingerprint density at radius 1 is 1.31 bits per heavy atom. The summed E-state index contributed by atoms with van der Waals surface area (Å²) in [6, 6.07) is 5.62. The third-order valence-corrected chi connectivity index (χ3v) is 5.62. The molecule has 1 amide bonds. The summed E-state index contributed by atoms with van der Waals surface area (Å²) in [6.45, 7) is 2.73. The lowest BCUT2D eigenvalue weighted by molar-refractivity contribution is -0.121. The van der Waals surface area contributed by atoms with Gasteiger partial charge in [0.05, 0.1) is 0 Å². The number of fused-ring (bicyclic) bond motifs is 3. The van der Waals surface area contributed by atoms with Gasteiger partial charge in [0.1, 0.15) is 6.54 Å². The van der Waals surface area contributed by atoms with Crippen LogP contribution in [0.4, 0.5) is 11.6 Å². The predicted molar refractivity (Wildman–Crippen MR) is 109 cm³/mol. The number of hydrazine groups is 1. The van der Waals surface area contributed by atoms with Crippen molar-refractivity contribution in [1.82, 2.24) is 24.1 Å². The van der Waals surface area contributed by atoms with Gasteiger partial charge >= 0.3 is 5.69 Å². The number of imidazole rings is 1. The average molecular weight is 418 g/mol. The number of aryl methyl sites for hydroxylation is 2. The lowest BCUT2D eigenvalue weighted by Crippen LogP contribution is -2.45. The van der Waals surface area contributed by atoms with Crippen LogP contribution in [0.15, 0.2) is 27.8 Å². The summed E-state index contributed by atoms with van der Waals surface area (Å²) >= 11 is 6.29. The van der Waals surface area contributed by atoms with Crippen LogP contribution in [0.3, 0.4) is 0 Å². The number of carbonyl (C=O) groups is 1. The van der Waals surface area contributed by atoms with E-state index >= 15 is 0 Å². The molecule has 0 saturated carbocycles. The molecule has 3 aromatic rings. The monoisotopic (exact) mass is 417 g/mol. The van der Waals surface area contributed by atoms with Crippen LogP contribution in [0.5, 0.6) is 0 Å². The topological polar surface area (TPSA) is 120 Å². The molecule has 10 nitrogen and oxygen atoms in total. The number of rotatable bonds is 3. The number of aromatic nitrogens is 4. The second-order valence-electron chi connectivity index (χ2n) is 6.93. The van der Waals surface area contributed by atoms with E-state index in [1.54, 1.807) is 4.57 Å². The SMILES string of the molecule is Cc1c(Cl)cccc1N1CCCn2c1nc1c2c(=O)n(CC(=O)NN)c(=O)n1C. The second kappa shape index (κ2) is 7.05. The number of amides is 1. The van der Waals surface area contributed by atoms with E-state index in [4.69, 9.17) is 17.4 Å². The molecule has 3 heterocycles. The maximum Gasteiger partial charge on any atom is 0.332 e. The zero-order valence-electron chi connectivity index (χ0n) is 16.0. The van der Waals surface area contributed by atoms with E-state index in [1.807, 2.05) is 35.4 Å². The highest BCUT2D eigenvalue weighted by Gasteiger charge is 2.28. The fraction of sp³-hybridized carbons (Fsp3) is 0.333. The highest BCUT2D eigenvalue weighted by molar-refractivity contribution is 6.31. The molecule has 0 saturated heterocycles. The van der Waals surface area contributed by atoms with E-state index in [0.717, 1.165) is 22.2 Å². The third kappa shape index (κ3) is 2.91. The molecule has 1 aromatic carbocycles. The van der Waals surface area contributed by atoms with Crippen LogP contribution in [0.25, 0.3) is 11.2 Å². The summed E-state index contributed by atoms with van der Waals surface area (Å²) in [5, 5.41) is 0.637. The number of benzene rings is 1. The van der Waals surface area contributed by atoms with Crippen molar-refractivity contribution in [3.63, 3.8) is 0 Å². The Balaban J connectivity index is 1.98. The Hall–Kier alpha value is -3.11. The summed E-state index contributed by atoms with van der Waals surface area (Å²) in [5.74, 6) is 5.03. The van der Waals surface area contributed by atoms with Crippen LogP contribution in [0.1, 0.15) is 12.0 Å². The minimum atomic E-state index is -0.641. The van der Waals surface area contributed by atoms with E-state index in [0.29, 0.717) is 24.1 Å². The summed E-state index contributed by atoms with van der Waals surface area (Å²) in [7, 11) is 1.52. The van der Waals surface area contributed by atoms with Crippen LogP contribution in [-0.4, -0.2) is 31.1 Å². The molecule has 1 aliphatic heterocycles. The Morgan fingerprint density at radius 2 is 2.07 bits per heavy atom. The molecule has 0 aliphatic carbocycles. The molecule has 4 rings (SSSR count). The van der Waals surface area contributed by atoms with E-state index in [2.05, 4.69) is 4.98 Å². The first-order valence-corrected chi connectivity index (χ1v) is 9.45. The maximum atomic E-state index is 13.1. The van der Waals surface area contributed by atoms with Crippen molar-refractivity contribution in [2.24, 2.45) is 12.9 Å². The zero-order valence-corrected chi connectivity index (χ0v) is 16.7. The Kier molecular flexibility index (Phi) is 4.67. The first kappa shape index (κ1) is 19.2. The first-order valence-electron chi connectivity index (χ1n) is 9.07. The van der Waals surface area contributed by atoms with Crippen molar-refractivity contribution in [1.29, 1.82) is 0 Å². The lowest BCUT2D eigenvalue weighted by Gasteiger charge is -2.30. The van der Waals surface area contributed by atoms with Crippen molar-refractivity contribution >= 4 is 40.3 Å². The summed E-state index contributed by atoms with van der Waals surface area (Å²) < 4.78 is 3.93. The van der Waals surface area contributed by atoms with Crippen molar-refractivity contribution in [3.05, 3.63) is 49.6 Å². The van der Waals surface area contributed by atoms with Crippen molar-refractivity contribution in [2.45, 2.75) is 26.4 Å². The van der Waals surface area contributed by atoms with Gasteiger partial charge in [-0.2, -0.15) is 4.98 Å². The molecular formula is C18H20ClN7O3.